The van der Waals surface area contributed by atoms with E-state index in [9.17, 15) is 14.7 Å². The van der Waals surface area contributed by atoms with Gasteiger partial charge in [0.05, 0.1) is 35.6 Å². The number of aliphatic hydroxyl groups excluding tert-OH is 1. The molecule has 0 saturated carbocycles. The lowest BCUT2D eigenvalue weighted by Crippen LogP contribution is -2.37. The quantitative estimate of drug-likeness (QED) is 0.233. The first-order chi connectivity index (χ1) is 20.1. The van der Waals surface area contributed by atoms with E-state index >= 15 is 0 Å². The number of pyridine rings is 1. The van der Waals surface area contributed by atoms with Crippen molar-refractivity contribution in [3.63, 3.8) is 0 Å². The topological polar surface area (TPSA) is 114 Å². The van der Waals surface area contributed by atoms with E-state index in [0.717, 1.165) is 27.7 Å². The maximum atomic E-state index is 13.4. The summed E-state index contributed by atoms with van der Waals surface area (Å²) in [5.41, 5.74) is 5.23. The minimum absolute atomic E-state index is 0.167. The van der Waals surface area contributed by atoms with Crippen LogP contribution in [0.3, 0.4) is 0 Å². The lowest BCUT2D eigenvalue weighted by atomic mass is 10.1. The Morgan fingerprint density at radius 2 is 1.85 bits per heavy atom. The summed E-state index contributed by atoms with van der Waals surface area (Å²) in [6.07, 6.45) is 4.15. The fourth-order valence-corrected chi connectivity index (χ4v) is 5.44. The van der Waals surface area contributed by atoms with Gasteiger partial charge in [0.1, 0.15) is 11.4 Å². The van der Waals surface area contributed by atoms with Crippen LogP contribution in [0.2, 0.25) is 0 Å². The average molecular weight is 565 g/mol. The standard InChI is InChI=1S/C31H28N6O3S/c1-2-23(18-38)34-31(40)28-27(22-13-15-41-19-22)35-29-25(7-5-14-36(28)29)30(39)32-16-20-9-11-24(12-10-20)37-26-8-4-3-6-21(26)17-33-37/h3-15,17,19,23,38H,2,16,18H2,1H3,(H,32,39)(H,34,40)/t23-/m1/s1. The highest BCUT2D eigenvalue weighted by molar-refractivity contribution is 7.08. The Morgan fingerprint density at radius 1 is 1.02 bits per heavy atom. The third kappa shape index (κ3) is 5.10. The second-order valence-electron chi connectivity index (χ2n) is 9.66. The minimum atomic E-state index is -0.381. The summed E-state index contributed by atoms with van der Waals surface area (Å²) in [5, 5.41) is 24.9. The van der Waals surface area contributed by atoms with E-state index < -0.39 is 0 Å². The predicted molar refractivity (Wildman–Crippen MR) is 159 cm³/mol. The van der Waals surface area contributed by atoms with Crippen LogP contribution in [0, 0.1) is 0 Å². The molecule has 4 heterocycles. The Balaban J connectivity index is 1.25. The van der Waals surface area contributed by atoms with Crippen molar-refractivity contribution in [2.45, 2.75) is 25.9 Å². The average Bonchev–Trinajstić information content (AvgIpc) is 3.77. The van der Waals surface area contributed by atoms with Crippen molar-refractivity contribution in [2.24, 2.45) is 0 Å². The van der Waals surface area contributed by atoms with Crippen molar-refractivity contribution in [3.8, 4) is 16.9 Å². The fourth-order valence-electron chi connectivity index (χ4n) is 4.80. The molecule has 10 heteroatoms. The maximum absolute atomic E-state index is 13.4. The Labute approximate surface area is 240 Å². The van der Waals surface area contributed by atoms with Gasteiger partial charge in [-0.05, 0) is 53.8 Å². The lowest BCUT2D eigenvalue weighted by molar-refractivity contribution is 0.0907. The van der Waals surface area contributed by atoms with E-state index in [4.69, 9.17) is 4.98 Å². The van der Waals surface area contributed by atoms with Crippen molar-refractivity contribution >= 4 is 39.7 Å². The number of carbonyl (C=O) groups is 2. The third-order valence-corrected chi connectivity index (χ3v) is 7.75. The molecule has 0 aliphatic heterocycles. The normalized spacial score (nSPS) is 12.0. The number of aliphatic hydroxyl groups is 1. The molecular formula is C31H28N6O3S. The number of carbonyl (C=O) groups excluding carboxylic acids is 2. The predicted octanol–water partition coefficient (Wildman–Crippen LogP) is 4.83. The molecule has 0 aliphatic rings. The molecule has 0 bridgehead atoms. The van der Waals surface area contributed by atoms with Gasteiger partial charge in [-0.1, -0.05) is 37.3 Å². The molecule has 1 atom stereocenters. The van der Waals surface area contributed by atoms with E-state index in [1.54, 1.807) is 22.7 Å². The van der Waals surface area contributed by atoms with E-state index in [-0.39, 0.29) is 24.5 Å². The first-order valence-corrected chi connectivity index (χ1v) is 14.3. The van der Waals surface area contributed by atoms with Gasteiger partial charge in [0.2, 0.25) is 0 Å². The second-order valence-corrected chi connectivity index (χ2v) is 10.4. The van der Waals surface area contributed by atoms with Crippen LogP contribution in [0.1, 0.15) is 39.8 Å². The van der Waals surface area contributed by atoms with Crippen LogP contribution >= 0.6 is 11.3 Å². The van der Waals surface area contributed by atoms with Gasteiger partial charge in [0.25, 0.3) is 11.8 Å². The number of nitrogens with one attached hydrogen (secondary N) is 2. The van der Waals surface area contributed by atoms with Crippen LogP contribution in [0.15, 0.2) is 89.9 Å². The number of hydrogen-bond donors (Lipinski definition) is 3. The van der Waals surface area contributed by atoms with Crippen molar-refractivity contribution in [3.05, 3.63) is 107 Å². The summed E-state index contributed by atoms with van der Waals surface area (Å²) in [5.74, 6) is -0.657. The monoisotopic (exact) mass is 564 g/mol. The van der Waals surface area contributed by atoms with Crippen molar-refractivity contribution in [1.29, 1.82) is 0 Å². The summed E-state index contributed by atoms with van der Waals surface area (Å²) in [6, 6.07) is 20.8. The molecule has 2 aromatic carbocycles. The van der Waals surface area contributed by atoms with Crippen LogP contribution in [0.5, 0.6) is 0 Å². The van der Waals surface area contributed by atoms with E-state index in [0.29, 0.717) is 35.6 Å². The van der Waals surface area contributed by atoms with Gasteiger partial charge in [0, 0.05) is 29.1 Å². The molecule has 6 aromatic rings. The molecular weight excluding hydrogens is 536 g/mol. The minimum Gasteiger partial charge on any atom is -0.394 e. The number of benzene rings is 2. The van der Waals surface area contributed by atoms with Gasteiger partial charge in [-0.25, -0.2) is 9.67 Å². The molecule has 4 aromatic heterocycles. The Morgan fingerprint density at radius 3 is 2.61 bits per heavy atom. The highest BCUT2D eigenvalue weighted by atomic mass is 32.1. The van der Waals surface area contributed by atoms with Crippen molar-refractivity contribution in [1.82, 2.24) is 29.8 Å². The zero-order valence-electron chi connectivity index (χ0n) is 22.3. The number of rotatable bonds is 9. The first-order valence-electron chi connectivity index (χ1n) is 13.3. The SMILES string of the molecule is CC[C@H](CO)NC(=O)c1c(-c2ccsc2)nc2c(C(=O)NCc3ccc(-n4ncc5ccccc54)cc3)cccn12. The number of hydrogen-bond acceptors (Lipinski definition) is 6. The molecule has 206 valence electrons. The molecule has 0 radical (unpaired) electrons. The lowest BCUT2D eigenvalue weighted by Gasteiger charge is -2.14. The molecule has 6 rings (SSSR count). The number of aromatic nitrogens is 4. The Bertz CT molecular complexity index is 1840. The molecule has 0 saturated heterocycles. The summed E-state index contributed by atoms with van der Waals surface area (Å²) in [7, 11) is 0. The van der Waals surface area contributed by atoms with Crippen LogP contribution in [0.4, 0.5) is 0 Å². The fraction of sp³-hybridized carbons (Fsp3) is 0.161. The van der Waals surface area contributed by atoms with Crippen molar-refractivity contribution in [2.75, 3.05) is 6.61 Å². The molecule has 0 unspecified atom stereocenters. The smallest absolute Gasteiger partial charge is 0.270 e. The highest BCUT2D eigenvalue weighted by Crippen LogP contribution is 2.28. The number of nitrogens with zero attached hydrogens (tertiary/aromatic N) is 4. The van der Waals surface area contributed by atoms with E-state index in [1.807, 2.05) is 83.2 Å². The summed E-state index contributed by atoms with van der Waals surface area (Å²) in [4.78, 5) is 31.5. The number of thiophene rings is 1. The van der Waals surface area contributed by atoms with Crippen LogP contribution in [-0.4, -0.2) is 48.7 Å². The molecule has 41 heavy (non-hydrogen) atoms. The highest BCUT2D eigenvalue weighted by Gasteiger charge is 2.25. The van der Waals surface area contributed by atoms with Crippen molar-refractivity contribution < 1.29 is 14.7 Å². The molecule has 0 spiro atoms. The first kappa shape index (κ1) is 26.4. The molecule has 9 nitrogen and oxygen atoms in total. The Hall–Kier alpha value is -4.80. The third-order valence-electron chi connectivity index (χ3n) is 7.06. The summed E-state index contributed by atoms with van der Waals surface area (Å²) in [6.45, 7) is 2.05. The van der Waals surface area contributed by atoms with Gasteiger partial charge < -0.3 is 15.7 Å². The maximum Gasteiger partial charge on any atom is 0.270 e. The van der Waals surface area contributed by atoms with Gasteiger partial charge in [0.15, 0.2) is 5.65 Å². The van der Waals surface area contributed by atoms with Gasteiger partial charge >= 0.3 is 0 Å². The van der Waals surface area contributed by atoms with Crippen LogP contribution < -0.4 is 10.6 Å². The van der Waals surface area contributed by atoms with Gasteiger partial charge in [-0.15, -0.1) is 0 Å². The zero-order chi connectivity index (χ0) is 28.3. The Kier molecular flexibility index (Phi) is 7.32. The van der Waals surface area contributed by atoms with Crippen LogP contribution in [0.25, 0.3) is 33.5 Å². The van der Waals surface area contributed by atoms with E-state index in [1.165, 1.54) is 11.3 Å². The largest absolute Gasteiger partial charge is 0.394 e. The van der Waals surface area contributed by atoms with Crippen LogP contribution in [-0.2, 0) is 6.54 Å². The zero-order valence-corrected chi connectivity index (χ0v) is 23.1. The second kappa shape index (κ2) is 11.4. The molecule has 0 fully saturated rings. The number of imidazole rings is 1. The number of para-hydroxylation sites is 1. The summed E-state index contributed by atoms with van der Waals surface area (Å²) < 4.78 is 3.53. The van der Waals surface area contributed by atoms with Gasteiger partial charge in [-0.2, -0.15) is 16.4 Å². The van der Waals surface area contributed by atoms with Gasteiger partial charge in [-0.3, -0.25) is 14.0 Å². The number of fused-ring (bicyclic) bond motifs is 2. The molecule has 2 amide bonds. The van der Waals surface area contributed by atoms with E-state index in [2.05, 4.69) is 15.7 Å². The molecule has 0 aliphatic carbocycles. The summed E-state index contributed by atoms with van der Waals surface area (Å²) >= 11 is 1.50. The number of amides is 2. The molecule has 3 N–H and O–H groups in total.